The molecule has 3 nitrogen and oxygen atoms in total. The van der Waals surface area contributed by atoms with Crippen molar-refractivity contribution >= 4 is 0 Å². The summed E-state index contributed by atoms with van der Waals surface area (Å²) >= 11 is 0. The molecule has 0 saturated carbocycles. The van der Waals surface area contributed by atoms with Gasteiger partial charge in [-0.05, 0) is 12.8 Å². The van der Waals surface area contributed by atoms with E-state index in [2.05, 4.69) is 0 Å². The Hall–Kier alpha value is -0.120. The molecule has 0 bridgehead atoms. The van der Waals surface area contributed by atoms with Crippen molar-refractivity contribution in [2.24, 2.45) is 11.7 Å². The summed E-state index contributed by atoms with van der Waals surface area (Å²) in [6, 6.07) is -0.000000000000000444. The van der Waals surface area contributed by atoms with Crippen LogP contribution in [0.4, 0.5) is 0 Å². The molecule has 1 aliphatic rings. The van der Waals surface area contributed by atoms with Crippen LogP contribution in [0.25, 0.3) is 0 Å². The molecule has 0 aromatic carbocycles. The lowest BCUT2D eigenvalue weighted by molar-refractivity contribution is 0.0119. The summed E-state index contributed by atoms with van der Waals surface area (Å²) in [6.45, 7) is 4.07. The maximum Gasteiger partial charge on any atom is 0.0963 e. The fourth-order valence-electron chi connectivity index (χ4n) is 1.31. The molecule has 3 heteroatoms. The van der Waals surface area contributed by atoms with Gasteiger partial charge in [-0.15, -0.1) is 0 Å². The van der Waals surface area contributed by atoms with Crippen molar-refractivity contribution in [1.29, 1.82) is 0 Å². The highest BCUT2D eigenvalue weighted by Crippen LogP contribution is 2.24. The van der Waals surface area contributed by atoms with Crippen LogP contribution in [0.3, 0.4) is 0 Å². The van der Waals surface area contributed by atoms with Crippen LogP contribution in [-0.4, -0.2) is 30.0 Å². The van der Waals surface area contributed by atoms with E-state index >= 15 is 0 Å². The predicted octanol–water partition coefficient (Wildman–Crippen LogP) is -0.271. The van der Waals surface area contributed by atoms with E-state index in [0.717, 1.165) is 0 Å². The van der Waals surface area contributed by atoms with Crippen molar-refractivity contribution in [2.75, 3.05) is 6.61 Å². The molecule has 0 aliphatic carbocycles. The Morgan fingerprint density at radius 2 is 2.10 bits per heavy atom. The number of nitrogens with two attached hydrogens (primary N) is 1. The smallest absolute Gasteiger partial charge is 0.0963 e. The minimum Gasteiger partial charge on any atom is -0.394 e. The molecule has 0 amide bonds. The Balaban J connectivity index is 2.53. The summed E-state index contributed by atoms with van der Waals surface area (Å²) in [5.74, 6) is 0.358. The first-order valence-electron chi connectivity index (χ1n) is 3.68. The lowest BCUT2D eigenvalue weighted by atomic mass is 9.98. The molecular formula is C7H15NO2. The maximum atomic E-state index is 8.77. The largest absolute Gasteiger partial charge is 0.394 e. The topological polar surface area (TPSA) is 55.5 Å². The van der Waals surface area contributed by atoms with Crippen molar-refractivity contribution in [1.82, 2.24) is 0 Å². The first-order valence-corrected chi connectivity index (χ1v) is 3.68. The van der Waals surface area contributed by atoms with Gasteiger partial charge in [0.05, 0.1) is 18.8 Å². The summed E-state index contributed by atoms with van der Waals surface area (Å²) in [6.07, 6.45) is 0.0390. The van der Waals surface area contributed by atoms with Crippen molar-refractivity contribution in [2.45, 2.75) is 32.1 Å². The van der Waals surface area contributed by atoms with Gasteiger partial charge < -0.3 is 15.6 Å². The number of hydrogen-bond acceptors (Lipinski definition) is 3. The predicted molar refractivity (Wildman–Crippen MR) is 38.6 cm³/mol. The standard InChI is InChI=1S/C7H15NO2/c1-4-5(2)10-6(3-9)7(4)8/h4-7,9H,3,8H2,1-2H3/t4-,5+,6-,7?/m1/s1. The van der Waals surface area contributed by atoms with Gasteiger partial charge in [-0.3, -0.25) is 0 Å². The van der Waals surface area contributed by atoms with E-state index in [1.807, 2.05) is 13.8 Å². The number of aliphatic hydroxyl groups is 1. The van der Waals surface area contributed by atoms with Crippen LogP contribution >= 0.6 is 0 Å². The molecule has 0 radical (unpaired) electrons. The van der Waals surface area contributed by atoms with Gasteiger partial charge in [-0.1, -0.05) is 6.92 Å². The van der Waals surface area contributed by atoms with E-state index < -0.39 is 0 Å². The van der Waals surface area contributed by atoms with Gasteiger partial charge in [-0.25, -0.2) is 0 Å². The molecule has 60 valence electrons. The highest BCUT2D eigenvalue weighted by atomic mass is 16.5. The third-order valence-corrected chi connectivity index (χ3v) is 2.35. The lowest BCUT2D eigenvalue weighted by Gasteiger charge is -2.12. The highest BCUT2D eigenvalue weighted by Gasteiger charge is 2.36. The quantitative estimate of drug-likeness (QED) is 0.534. The third-order valence-electron chi connectivity index (χ3n) is 2.35. The molecule has 1 aliphatic heterocycles. The molecular weight excluding hydrogens is 130 g/mol. The molecule has 3 N–H and O–H groups in total. The second-order valence-electron chi connectivity index (χ2n) is 3.00. The van der Waals surface area contributed by atoms with E-state index in [4.69, 9.17) is 15.6 Å². The third kappa shape index (κ3) is 1.17. The molecule has 1 heterocycles. The van der Waals surface area contributed by atoms with Crippen LogP contribution in [0.1, 0.15) is 13.8 Å². The van der Waals surface area contributed by atoms with E-state index in [1.165, 1.54) is 0 Å². The highest BCUT2D eigenvalue weighted by molar-refractivity contribution is 4.88. The zero-order valence-electron chi connectivity index (χ0n) is 6.45. The van der Waals surface area contributed by atoms with Crippen molar-refractivity contribution in [3.63, 3.8) is 0 Å². The Morgan fingerprint density at radius 3 is 2.30 bits per heavy atom. The monoisotopic (exact) mass is 145 g/mol. The van der Waals surface area contributed by atoms with Gasteiger partial charge in [0.2, 0.25) is 0 Å². The number of aliphatic hydroxyl groups excluding tert-OH is 1. The van der Waals surface area contributed by atoms with E-state index in [-0.39, 0.29) is 24.9 Å². The second kappa shape index (κ2) is 2.86. The molecule has 0 spiro atoms. The number of rotatable bonds is 1. The average molecular weight is 145 g/mol. The zero-order chi connectivity index (χ0) is 7.72. The number of hydrogen-bond donors (Lipinski definition) is 2. The summed E-state index contributed by atoms with van der Waals surface area (Å²) in [4.78, 5) is 0. The minimum atomic E-state index is -0.148. The van der Waals surface area contributed by atoms with Crippen LogP contribution < -0.4 is 5.73 Å². The van der Waals surface area contributed by atoms with Crippen molar-refractivity contribution in [3.05, 3.63) is 0 Å². The summed E-state index contributed by atoms with van der Waals surface area (Å²) in [5.41, 5.74) is 5.74. The SMILES string of the molecule is C[C@@H]1O[C@H](CO)C(N)[C@@H]1C. The minimum absolute atomic E-state index is 0.000000000000000444. The molecule has 1 saturated heterocycles. The normalized spacial score (nSPS) is 48.0. The lowest BCUT2D eigenvalue weighted by Crippen LogP contribution is -2.36. The van der Waals surface area contributed by atoms with Crippen LogP contribution in [0.15, 0.2) is 0 Å². The second-order valence-corrected chi connectivity index (χ2v) is 3.00. The fraction of sp³-hybridized carbons (Fsp3) is 1.00. The summed E-state index contributed by atoms with van der Waals surface area (Å²) in [7, 11) is 0. The average Bonchev–Trinajstić information content (AvgIpc) is 2.17. The van der Waals surface area contributed by atoms with Crippen molar-refractivity contribution < 1.29 is 9.84 Å². The van der Waals surface area contributed by atoms with Crippen LogP contribution in [0.5, 0.6) is 0 Å². The van der Waals surface area contributed by atoms with E-state index in [9.17, 15) is 0 Å². The first-order chi connectivity index (χ1) is 4.66. The van der Waals surface area contributed by atoms with E-state index in [1.54, 1.807) is 0 Å². The Morgan fingerprint density at radius 1 is 1.50 bits per heavy atom. The molecule has 1 fully saturated rings. The number of ether oxygens (including phenoxy) is 1. The van der Waals surface area contributed by atoms with Gasteiger partial charge in [0.15, 0.2) is 0 Å². The van der Waals surface area contributed by atoms with Crippen LogP contribution in [0, 0.1) is 5.92 Å². The Kier molecular flexibility index (Phi) is 2.28. The Bertz CT molecular complexity index is 118. The van der Waals surface area contributed by atoms with Gasteiger partial charge in [0, 0.05) is 6.04 Å². The van der Waals surface area contributed by atoms with Gasteiger partial charge in [-0.2, -0.15) is 0 Å². The van der Waals surface area contributed by atoms with Gasteiger partial charge in [0.25, 0.3) is 0 Å². The maximum absolute atomic E-state index is 8.77. The van der Waals surface area contributed by atoms with Gasteiger partial charge >= 0.3 is 0 Å². The first kappa shape index (κ1) is 7.98. The van der Waals surface area contributed by atoms with Crippen LogP contribution in [0.2, 0.25) is 0 Å². The van der Waals surface area contributed by atoms with Crippen molar-refractivity contribution in [3.8, 4) is 0 Å². The molecule has 10 heavy (non-hydrogen) atoms. The molecule has 4 atom stereocenters. The molecule has 1 rings (SSSR count). The van der Waals surface area contributed by atoms with Gasteiger partial charge in [0.1, 0.15) is 0 Å². The van der Waals surface area contributed by atoms with E-state index in [0.29, 0.717) is 5.92 Å². The molecule has 0 aromatic rings. The molecule has 0 aromatic heterocycles. The summed E-state index contributed by atoms with van der Waals surface area (Å²) in [5, 5.41) is 8.77. The summed E-state index contributed by atoms with van der Waals surface area (Å²) < 4.78 is 5.36. The Labute approximate surface area is 61.2 Å². The zero-order valence-corrected chi connectivity index (χ0v) is 6.45. The fourth-order valence-corrected chi connectivity index (χ4v) is 1.31. The molecule has 1 unspecified atom stereocenters. The van der Waals surface area contributed by atoms with Crippen LogP contribution in [-0.2, 0) is 4.74 Å².